The van der Waals surface area contributed by atoms with Crippen LogP contribution in [0, 0.1) is 13.8 Å². The monoisotopic (exact) mass is 395 g/mol. The van der Waals surface area contributed by atoms with Crippen LogP contribution in [0.2, 0.25) is 0 Å². The minimum atomic E-state index is -0.687. The number of tetrazole rings is 1. The number of hydrogen-bond donors (Lipinski definition) is 1. The molecule has 0 fully saturated rings. The van der Waals surface area contributed by atoms with Gasteiger partial charge in [0.25, 0.3) is 0 Å². The minimum Gasteiger partial charge on any atom is -0.465 e. The number of methoxy groups -OCH3 is 1. The smallest absolute Gasteiger partial charge is 0.339 e. The van der Waals surface area contributed by atoms with Crippen molar-refractivity contribution >= 4 is 11.8 Å². The third-order valence-electron chi connectivity index (χ3n) is 5.06. The van der Waals surface area contributed by atoms with Crippen molar-refractivity contribution in [3.8, 4) is 11.4 Å². The van der Waals surface area contributed by atoms with Crippen LogP contribution in [0.25, 0.3) is 11.4 Å². The Morgan fingerprint density at radius 3 is 2.34 bits per heavy atom. The summed E-state index contributed by atoms with van der Waals surface area (Å²) in [7, 11) is 1.31. The van der Waals surface area contributed by atoms with Gasteiger partial charge in [0.15, 0.2) is 0 Å². The number of ether oxygens (including phenoxy) is 1. The van der Waals surface area contributed by atoms with Gasteiger partial charge >= 0.3 is 5.97 Å². The molecule has 1 aromatic carbocycles. The van der Waals surface area contributed by atoms with Crippen LogP contribution in [-0.4, -0.2) is 44.1 Å². The van der Waals surface area contributed by atoms with Crippen LogP contribution < -0.4 is 0 Å². The van der Waals surface area contributed by atoms with Gasteiger partial charge in [0.05, 0.1) is 18.4 Å². The standard InChI is InChI=1S/C21H25N5O3/c1-11(2)15-7-9-16(10-8-15)20-23-25-26(24-20)14(5)19(27)18-12(3)17(13(4)22-18)21(28)29-6/h7-11,14,22H,1-6H3/t14-/m1/s1. The Labute approximate surface area is 169 Å². The molecule has 152 valence electrons. The molecule has 0 radical (unpaired) electrons. The summed E-state index contributed by atoms with van der Waals surface area (Å²) in [5, 5.41) is 12.5. The highest BCUT2D eigenvalue weighted by Crippen LogP contribution is 2.24. The lowest BCUT2D eigenvalue weighted by Crippen LogP contribution is -2.20. The fourth-order valence-electron chi connectivity index (χ4n) is 3.24. The average molecular weight is 395 g/mol. The summed E-state index contributed by atoms with van der Waals surface area (Å²) >= 11 is 0. The van der Waals surface area contributed by atoms with E-state index in [-0.39, 0.29) is 5.78 Å². The molecular weight excluding hydrogens is 370 g/mol. The number of carbonyl (C=O) groups excluding carboxylic acids is 2. The van der Waals surface area contributed by atoms with Crippen molar-refractivity contribution in [1.82, 2.24) is 25.2 Å². The van der Waals surface area contributed by atoms with Gasteiger partial charge in [-0.2, -0.15) is 4.80 Å². The van der Waals surface area contributed by atoms with Gasteiger partial charge in [0.1, 0.15) is 6.04 Å². The van der Waals surface area contributed by atoms with Gasteiger partial charge in [0, 0.05) is 11.3 Å². The lowest BCUT2D eigenvalue weighted by Gasteiger charge is -2.08. The maximum absolute atomic E-state index is 13.0. The number of esters is 1. The summed E-state index contributed by atoms with van der Waals surface area (Å²) in [4.78, 5) is 29.2. The zero-order valence-electron chi connectivity index (χ0n) is 17.5. The van der Waals surface area contributed by atoms with E-state index in [2.05, 4.69) is 34.2 Å². The number of hydrogen-bond acceptors (Lipinski definition) is 6. The van der Waals surface area contributed by atoms with Crippen LogP contribution in [0.15, 0.2) is 24.3 Å². The van der Waals surface area contributed by atoms with E-state index in [0.717, 1.165) is 5.56 Å². The summed E-state index contributed by atoms with van der Waals surface area (Å²) < 4.78 is 4.80. The summed E-state index contributed by atoms with van der Waals surface area (Å²) in [6.07, 6.45) is 0. The molecule has 0 unspecified atom stereocenters. The number of H-pyrrole nitrogens is 1. The first kappa shape index (κ1) is 20.4. The van der Waals surface area contributed by atoms with Gasteiger partial charge in [-0.3, -0.25) is 4.79 Å². The number of aromatic amines is 1. The Kier molecular flexibility index (Phi) is 5.63. The first-order chi connectivity index (χ1) is 13.7. The van der Waals surface area contributed by atoms with Crippen LogP contribution in [0.3, 0.4) is 0 Å². The van der Waals surface area contributed by atoms with Crippen molar-refractivity contribution < 1.29 is 14.3 Å². The second-order valence-corrected chi connectivity index (χ2v) is 7.37. The number of ketones is 1. The van der Waals surface area contributed by atoms with Crippen LogP contribution in [0.1, 0.15) is 70.4 Å². The highest BCUT2D eigenvalue weighted by molar-refractivity contribution is 6.03. The van der Waals surface area contributed by atoms with Crippen LogP contribution in [0.5, 0.6) is 0 Å². The molecule has 0 spiro atoms. The molecule has 1 N–H and O–H groups in total. The van der Waals surface area contributed by atoms with E-state index in [1.807, 2.05) is 24.3 Å². The first-order valence-electron chi connectivity index (χ1n) is 9.46. The third kappa shape index (κ3) is 3.83. The number of nitrogens with zero attached hydrogens (tertiary/aromatic N) is 4. The lowest BCUT2D eigenvalue weighted by atomic mass is 10.0. The molecule has 8 nitrogen and oxygen atoms in total. The largest absolute Gasteiger partial charge is 0.465 e. The van der Waals surface area contributed by atoms with Gasteiger partial charge < -0.3 is 9.72 Å². The van der Waals surface area contributed by atoms with E-state index in [0.29, 0.717) is 34.3 Å². The Morgan fingerprint density at radius 2 is 1.76 bits per heavy atom. The van der Waals surface area contributed by atoms with Crippen LogP contribution in [-0.2, 0) is 4.74 Å². The van der Waals surface area contributed by atoms with Gasteiger partial charge in [0.2, 0.25) is 11.6 Å². The Hall–Kier alpha value is -3.29. The minimum absolute atomic E-state index is 0.236. The summed E-state index contributed by atoms with van der Waals surface area (Å²) in [5.41, 5.74) is 3.91. The van der Waals surface area contributed by atoms with E-state index in [1.54, 1.807) is 20.8 Å². The van der Waals surface area contributed by atoms with Crippen LogP contribution in [0.4, 0.5) is 0 Å². The maximum Gasteiger partial charge on any atom is 0.339 e. The molecule has 0 bridgehead atoms. The second-order valence-electron chi connectivity index (χ2n) is 7.37. The van der Waals surface area contributed by atoms with Gasteiger partial charge in [-0.15, -0.1) is 10.2 Å². The molecule has 3 aromatic rings. The van der Waals surface area contributed by atoms with Crippen molar-refractivity contribution in [2.75, 3.05) is 7.11 Å². The molecule has 2 heterocycles. The maximum atomic E-state index is 13.0. The van der Waals surface area contributed by atoms with Crippen molar-refractivity contribution in [3.05, 3.63) is 52.3 Å². The van der Waals surface area contributed by atoms with Gasteiger partial charge in [-0.25, -0.2) is 4.79 Å². The van der Waals surface area contributed by atoms with Crippen molar-refractivity contribution in [2.24, 2.45) is 0 Å². The number of aryl methyl sites for hydroxylation is 1. The molecule has 1 atom stereocenters. The summed E-state index contributed by atoms with van der Waals surface area (Å²) in [6.45, 7) is 9.40. The SMILES string of the molecule is COC(=O)c1c(C)[nH]c(C(=O)[C@@H](C)n2nnc(-c3ccc(C(C)C)cc3)n2)c1C. The number of nitrogens with one attached hydrogen (secondary N) is 1. The third-order valence-corrected chi connectivity index (χ3v) is 5.06. The first-order valence-corrected chi connectivity index (χ1v) is 9.46. The molecular formula is C21H25N5O3. The molecule has 0 amide bonds. The number of benzene rings is 1. The predicted octanol–water partition coefficient (Wildman–Crippen LogP) is 3.64. The molecule has 0 aliphatic carbocycles. The topological polar surface area (TPSA) is 103 Å². The average Bonchev–Trinajstić information content (AvgIpc) is 3.31. The Bertz CT molecular complexity index is 1050. The van der Waals surface area contributed by atoms with E-state index >= 15 is 0 Å². The van der Waals surface area contributed by atoms with E-state index in [9.17, 15) is 9.59 Å². The molecule has 2 aromatic heterocycles. The lowest BCUT2D eigenvalue weighted by molar-refractivity contribution is 0.0599. The van der Waals surface area contributed by atoms with Crippen molar-refractivity contribution in [1.29, 1.82) is 0 Å². The van der Waals surface area contributed by atoms with E-state index in [1.165, 1.54) is 17.5 Å². The number of rotatable bonds is 6. The number of Topliss-reactive ketones (excluding diaryl/α,β-unsaturated/α-hetero) is 1. The normalized spacial score (nSPS) is 12.2. The Balaban J connectivity index is 1.85. The highest BCUT2D eigenvalue weighted by Gasteiger charge is 2.27. The summed E-state index contributed by atoms with van der Waals surface area (Å²) in [5.74, 6) is 0.177. The van der Waals surface area contributed by atoms with E-state index in [4.69, 9.17) is 4.74 Å². The number of aromatic nitrogens is 5. The predicted molar refractivity (Wildman–Crippen MR) is 108 cm³/mol. The van der Waals surface area contributed by atoms with Crippen LogP contribution >= 0.6 is 0 Å². The van der Waals surface area contributed by atoms with Gasteiger partial charge in [-0.05, 0) is 43.0 Å². The molecule has 3 rings (SSSR count). The zero-order chi connectivity index (χ0) is 21.3. The van der Waals surface area contributed by atoms with Crippen molar-refractivity contribution in [2.45, 2.75) is 46.6 Å². The summed E-state index contributed by atoms with van der Waals surface area (Å²) in [6, 6.07) is 7.28. The fraction of sp³-hybridized carbons (Fsp3) is 0.381. The zero-order valence-corrected chi connectivity index (χ0v) is 17.5. The molecule has 0 saturated carbocycles. The number of carbonyl (C=O) groups is 2. The molecule has 8 heteroatoms. The Morgan fingerprint density at radius 1 is 1.10 bits per heavy atom. The van der Waals surface area contributed by atoms with E-state index < -0.39 is 12.0 Å². The highest BCUT2D eigenvalue weighted by atomic mass is 16.5. The quantitative estimate of drug-likeness (QED) is 0.505. The second kappa shape index (κ2) is 7.98. The molecule has 29 heavy (non-hydrogen) atoms. The molecule has 0 saturated heterocycles. The molecule has 0 aliphatic heterocycles. The molecule has 0 aliphatic rings. The fourth-order valence-corrected chi connectivity index (χ4v) is 3.24. The van der Waals surface area contributed by atoms with Crippen molar-refractivity contribution in [3.63, 3.8) is 0 Å². The van der Waals surface area contributed by atoms with Gasteiger partial charge in [-0.1, -0.05) is 38.1 Å².